The van der Waals surface area contributed by atoms with E-state index in [-0.39, 0.29) is 5.82 Å². The fourth-order valence-electron chi connectivity index (χ4n) is 1.93. The Morgan fingerprint density at radius 3 is 2.75 bits per heavy atom. The van der Waals surface area contributed by atoms with Crippen LogP contribution in [0.3, 0.4) is 0 Å². The Labute approximate surface area is 123 Å². The summed E-state index contributed by atoms with van der Waals surface area (Å²) in [7, 11) is 0. The lowest BCUT2D eigenvalue weighted by atomic mass is 10.2. The van der Waals surface area contributed by atoms with Gasteiger partial charge in [0.25, 0.3) is 0 Å². The standard InChI is InChI=1S/C14H10BrFN4/c15-11-3-2-10(16)5-12(11)20-8-18-7-13(20)9-1-4-14(17)19-6-9/h1-8H,(H2,17,19). The smallest absolute Gasteiger partial charge is 0.125 e. The van der Waals surface area contributed by atoms with Crippen LogP contribution in [0.1, 0.15) is 0 Å². The predicted molar refractivity (Wildman–Crippen MR) is 78.9 cm³/mol. The quantitative estimate of drug-likeness (QED) is 0.782. The third-order valence-electron chi connectivity index (χ3n) is 2.89. The SMILES string of the molecule is Nc1ccc(-c2cncn2-c2cc(F)ccc2Br)cn1. The summed E-state index contributed by atoms with van der Waals surface area (Å²) in [6.45, 7) is 0. The second kappa shape index (κ2) is 5.05. The molecule has 0 amide bonds. The summed E-state index contributed by atoms with van der Waals surface area (Å²) in [5.74, 6) is 0.144. The normalized spacial score (nSPS) is 10.7. The van der Waals surface area contributed by atoms with Crippen LogP contribution in [0, 0.1) is 5.82 Å². The zero-order chi connectivity index (χ0) is 14.1. The van der Waals surface area contributed by atoms with E-state index < -0.39 is 0 Å². The Morgan fingerprint density at radius 1 is 1.15 bits per heavy atom. The Balaban J connectivity index is 2.15. The van der Waals surface area contributed by atoms with Gasteiger partial charge in [-0.3, -0.25) is 4.57 Å². The van der Waals surface area contributed by atoms with Crippen molar-refractivity contribution in [2.75, 3.05) is 5.73 Å². The Kier molecular flexibility index (Phi) is 3.23. The number of aromatic nitrogens is 3. The Morgan fingerprint density at radius 2 is 2.00 bits per heavy atom. The summed E-state index contributed by atoms with van der Waals surface area (Å²) in [5, 5.41) is 0. The Hall–Kier alpha value is -2.21. The molecule has 0 bridgehead atoms. The molecule has 2 N–H and O–H groups in total. The lowest BCUT2D eigenvalue weighted by Gasteiger charge is -2.10. The molecule has 0 saturated carbocycles. The number of rotatable bonds is 2. The number of nitrogens with two attached hydrogens (primary N) is 1. The molecule has 0 aliphatic heterocycles. The molecular formula is C14H10BrFN4. The maximum absolute atomic E-state index is 13.4. The van der Waals surface area contributed by atoms with Crippen molar-refractivity contribution in [1.82, 2.24) is 14.5 Å². The van der Waals surface area contributed by atoms with Crippen molar-refractivity contribution in [3.8, 4) is 16.9 Å². The van der Waals surface area contributed by atoms with Crippen molar-refractivity contribution in [3.05, 3.63) is 59.3 Å². The van der Waals surface area contributed by atoms with E-state index in [1.165, 1.54) is 12.1 Å². The average Bonchev–Trinajstić information content (AvgIpc) is 2.91. The number of nitrogens with zero attached hydrogens (tertiary/aromatic N) is 3. The van der Waals surface area contributed by atoms with Gasteiger partial charge < -0.3 is 5.73 Å². The first-order chi connectivity index (χ1) is 9.65. The van der Waals surface area contributed by atoms with Gasteiger partial charge in [0.05, 0.1) is 23.9 Å². The third-order valence-corrected chi connectivity index (χ3v) is 3.56. The zero-order valence-corrected chi connectivity index (χ0v) is 11.9. The van der Waals surface area contributed by atoms with Crippen LogP contribution in [0.5, 0.6) is 0 Å². The molecule has 0 unspecified atom stereocenters. The van der Waals surface area contributed by atoms with Gasteiger partial charge in [-0.05, 0) is 46.3 Å². The fourth-order valence-corrected chi connectivity index (χ4v) is 2.37. The molecule has 0 aliphatic rings. The Bertz CT molecular complexity index is 752. The summed E-state index contributed by atoms with van der Waals surface area (Å²) in [5.41, 5.74) is 7.92. The molecule has 4 nitrogen and oxygen atoms in total. The molecule has 2 aromatic heterocycles. The molecule has 20 heavy (non-hydrogen) atoms. The third kappa shape index (κ3) is 2.30. The van der Waals surface area contributed by atoms with Gasteiger partial charge in [-0.15, -0.1) is 0 Å². The van der Waals surface area contributed by atoms with E-state index in [9.17, 15) is 4.39 Å². The summed E-state index contributed by atoms with van der Waals surface area (Å²) >= 11 is 3.42. The largest absolute Gasteiger partial charge is 0.384 e. The van der Waals surface area contributed by atoms with Crippen LogP contribution in [0.25, 0.3) is 16.9 Å². The van der Waals surface area contributed by atoms with Crippen LogP contribution in [-0.2, 0) is 0 Å². The highest BCUT2D eigenvalue weighted by molar-refractivity contribution is 9.10. The number of anilines is 1. The lowest BCUT2D eigenvalue weighted by Crippen LogP contribution is -1.98. The van der Waals surface area contributed by atoms with E-state index >= 15 is 0 Å². The topological polar surface area (TPSA) is 56.7 Å². The first-order valence-electron chi connectivity index (χ1n) is 5.85. The van der Waals surface area contributed by atoms with E-state index in [1.807, 2.05) is 6.07 Å². The van der Waals surface area contributed by atoms with Crippen molar-refractivity contribution < 1.29 is 4.39 Å². The highest BCUT2D eigenvalue weighted by atomic mass is 79.9. The van der Waals surface area contributed by atoms with Crippen molar-refractivity contribution in [1.29, 1.82) is 0 Å². The van der Waals surface area contributed by atoms with Crippen molar-refractivity contribution >= 4 is 21.7 Å². The van der Waals surface area contributed by atoms with Crippen LogP contribution in [0.4, 0.5) is 10.2 Å². The second-order valence-electron chi connectivity index (χ2n) is 4.22. The van der Waals surface area contributed by atoms with E-state index in [0.29, 0.717) is 11.5 Å². The first kappa shape index (κ1) is 12.8. The molecule has 6 heteroatoms. The molecule has 3 aromatic rings. The van der Waals surface area contributed by atoms with Gasteiger partial charge in [-0.2, -0.15) is 0 Å². The number of hydrogen-bond acceptors (Lipinski definition) is 3. The predicted octanol–water partition coefficient (Wildman–Crippen LogP) is 3.42. The van der Waals surface area contributed by atoms with Gasteiger partial charge in [-0.25, -0.2) is 14.4 Å². The van der Waals surface area contributed by atoms with Crippen molar-refractivity contribution in [3.63, 3.8) is 0 Å². The van der Waals surface area contributed by atoms with E-state index in [1.54, 1.807) is 35.4 Å². The van der Waals surface area contributed by atoms with Crippen LogP contribution in [0.2, 0.25) is 0 Å². The van der Waals surface area contributed by atoms with E-state index in [0.717, 1.165) is 15.7 Å². The van der Waals surface area contributed by atoms with Crippen LogP contribution >= 0.6 is 15.9 Å². The number of imidazole rings is 1. The molecule has 0 saturated heterocycles. The zero-order valence-electron chi connectivity index (χ0n) is 10.3. The molecule has 0 spiro atoms. The number of nitrogen functional groups attached to an aromatic ring is 1. The molecule has 0 atom stereocenters. The molecule has 100 valence electrons. The molecule has 0 aliphatic carbocycles. The minimum absolute atomic E-state index is 0.307. The first-order valence-corrected chi connectivity index (χ1v) is 6.64. The molecule has 1 aromatic carbocycles. The molecule has 2 heterocycles. The van der Waals surface area contributed by atoms with Gasteiger partial charge in [0.15, 0.2) is 0 Å². The van der Waals surface area contributed by atoms with E-state index in [4.69, 9.17) is 5.73 Å². The minimum atomic E-state index is -0.307. The maximum atomic E-state index is 13.4. The highest BCUT2D eigenvalue weighted by Gasteiger charge is 2.10. The van der Waals surface area contributed by atoms with Crippen molar-refractivity contribution in [2.24, 2.45) is 0 Å². The van der Waals surface area contributed by atoms with Crippen LogP contribution < -0.4 is 5.73 Å². The average molecular weight is 333 g/mol. The maximum Gasteiger partial charge on any atom is 0.125 e. The molecule has 3 rings (SSSR count). The van der Waals surface area contributed by atoms with Gasteiger partial charge >= 0.3 is 0 Å². The number of pyridine rings is 1. The summed E-state index contributed by atoms with van der Waals surface area (Å²) in [6, 6.07) is 8.07. The van der Waals surface area contributed by atoms with Gasteiger partial charge in [0.1, 0.15) is 11.6 Å². The molecular weight excluding hydrogens is 323 g/mol. The number of hydrogen-bond donors (Lipinski definition) is 1. The van der Waals surface area contributed by atoms with Crippen molar-refractivity contribution in [2.45, 2.75) is 0 Å². The van der Waals surface area contributed by atoms with Crippen LogP contribution in [0.15, 0.2) is 53.5 Å². The fraction of sp³-hybridized carbons (Fsp3) is 0. The van der Waals surface area contributed by atoms with Gasteiger partial charge in [0.2, 0.25) is 0 Å². The molecule has 0 radical (unpaired) electrons. The lowest BCUT2D eigenvalue weighted by molar-refractivity contribution is 0.626. The highest BCUT2D eigenvalue weighted by Crippen LogP contribution is 2.27. The van der Waals surface area contributed by atoms with Crippen LogP contribution in [-0.4, -0.2) is 14.5 Å². The number of halogens is 2. The monoisotopic (exact) mass is 332 g/mol. The van der Waals surface area contributed by atoms with Gasteiger partial charge in [0, 0.05) is 16.2 Å². The number of benzene rings is 1. The minimum Gasteiger partial charge on any atom is -0.384 e. The summed E-state index contributed by atoms with van der Waals surface area (Å²) in [4.78, 5) is 8.19. The van der Waals surface area contributed by atoms with E-state index in [2.05, 4.69) is 25.9 Å². The second-order valence-corrected chi connectivity index (χ2v) is 5.07. The molecule has 0 fully saturated rings. The van der Waals surface area contributed by atoms with Gasteiger partial charge in [-0.1, -0.05) is 0 Å². The summed E-state index contributed by atoms with van der Waals surface area (Å²) < 4.78 is 16.0. The summed E-state index contributed by atoms with van der Waals surface area (Å²) in [6.07, 6.45) is 4.99.